The van der Waals surface area contributed by atoms with Gasteiger partial charge in [-0.2, -0.15) is 10.2 Å². The fraction of sp³-hybridized carbons (Fsp3) is 0.263. The van der Waals surface area contributed by atoms with Crippen molar-refractivity contribution in [2.75, 3.05) is 11.4 Å². The number of carbonyl (C=O) groups excluding carboxylic acids is 3. The molecule has 0 spiro atoms. The molecule has 1 aliphatic carbocycles. The molecule has 3 aliphatic heterocycles. The molecule has 0 N–H and O–H groups in total. The average Bonchev–Trinajstić information content (AvgIpc) is 3.75. The van der Waals surface area contributed by atoms with Crippen LogP contribution in [-0.4, -0.2) is 52.1 Å². The zero-order valence-electron chi connectivity index (χ0n) is 26.3. The molecule has 0 radical (unpaired) electrons. The first-order chi connectivity index (χ1) is 22.9. The van der Waals surface area contributed by atoms with E-state index < -0.39 is 23.9 Å². The summed E-state index contributed by atoms with van der Waals surface area (Å²) in [6, 6.07) is 27.6. The SMILES string of the molecule is Cc1ccc(/C=C2\CCC[C@H]3C2=NN(C(=O)CN2N=N[C@@H]4C(=O)N(c5cccc6ccccc56)C(=O)[C@@H]42)[C@@H]3c2ccc(C)cc2)cc1. The van der Waals surface area contributed by atoms with Gasteiger partial charge in [-0.3, -0.25) is 19.4 Å². The molecule has 3 amide bonds. The van der Waals surface area contributed by atoms with E-state index in [0.717, 1.165) is 58.0 Å². The molecule has 234 valence electrons. The van der Waals surface area contributed by atoms with Gasteiger partial charge in [0.2, 0.25) is 0 Å². The van der Waals surface area contributed by atoms with Crippen LogP contribution in [0.1, 0.15) is 47.6 Å². The molecule has 3 heterocycles. The van der Waals surface area contributed by atoms with Crippen LogP contribution in [-0.2, 0) is 14.4 Å². The lowest BCUT2D eigenvalue weighted by molar-refractivity contribution is -0.136. The quantitative estimate of drug-likeness (QED) is 0.235. The second-order valence-electron chi connectivity index (χ2n) is 12.9. The van der Waals surface area contributed by atoms with Crippen LogP contribution in [0.4, 0.5) is 5.69 Å². The van der Waals surface area contributed by atoms with Crippen LogP contribution >= 0.6 is 0 Å². The zero-order chi connectivity index (χ0) is 32.2. The molecule has 1 saturated heterocycles. The Labute approximate surface area is 272 Å². The Bertz CT molecular complexity index is 2010. The Morgan fingerprint density at radius 1 is 0.851 bits per heavy atom. The number of imide groups is 1. The van der Waals surface area contributed by atoms with Crippen molar-refractivity contribution in [2.24, 2.45) is 21.4 Å². The van der Waals surface area contributed by atoms with Crippen LogP contribution < -0.4 is 4.90 Å². The minimum Gasteiger partial charge on any atom is -0.271 e. The summed E-state index contributed by atoms with van der Waals surface area (Å²) >= 11 is 0. The van der Waals surface area contributed by atoms with Gasteiger partial charge < -0.3 is 0 Å². The van der Waals surface area contributed by atoms with Crippen molar-refractivity contribution in [2.45, 2.75) is 51.2 Å². The van der Waals surface area contributed by atoms with Gasteiger partial charge in [0.15, 0.2) is 12.1 Å². The van der Waals surface area contributed by atoms with Gasteiger partial charge in [-0.05, 0) is 67.3 Å². The highest BCUT2D eigenvalue weighted by Gasteiger charge is 2.56. The van der Waals surface area contributed by atoms with E-state index in [9.17, 15) is 14.4 Å². The maximum atomic E-state index is 14.2. The molecule has 9 heteroatoms. The number of hydrazone groups is 1. The first kappa shape index (κ1) is 29.0. The molecular formula is C38H34N6O3. The van der Waals surface area contributed by atoms with Crippen molar-refractivity contribution >= 4 is 46.0 Å². The van der Waals surface area contributed by atoms with Crippen LogP contribution in [0.2, 0.25) is 0 Å². The number of hydrogen-bond donors (Lipinski definition) is 0. The van der Waals surface area contributed by atoms with E-state index in [-0.39, 0.29) is 24.4 Å². The van der Waals surface area contributed by atoms with E-state index in [1.807, 2.05) is 43.3 Å². The Kier molecular flexibility index (Phi) is 7.04. The minimum absolute atomic E-state index is 0.0385. The molecule has 4 aromatic carbocycles. The minimum atomic E-state index is -1.00. The third kappa shape index (κ3) is 4.93. The number of amides is 3. The smallest absolute Gasteiger partial charge is 0.264 e. The Morgan fingerprint density at radius 3 is 2.36 bits per heavy atom. The third-order valence-electron chi connectivity index (χ3n) is 9.76. The van der Waals surface area contributed by atoms with Crippen LogP contribution in [0.15, 0.2) is 112 Å². The Balaban J connectivity index is 1.10. The second kappa shape index (κ2) is 11.4. The van der Waals surface area contributed by atoms with E-state index in [1.54, 1.807) is 11.1 Å². The van der Waals surface area contributed by atoms with Gasteiger partial charge in [-0.15, -0.1) is 0 Å². The van der Waals surface area contributed by atoms with Crippen molar-refractivity contribution in [1.82, 2.24) is 10.0 Å². The van der Waals surface area contributed by atoms with Crippen molar-refractivity contribution in [3.63, 3.8) is 0 Å². The Morgan fingerprint density at radius 2 is 1.57 bits per heavy atom. The molecule has 8 rings (SSSR count). The normalized spacial score (nSPS) is 24.3. The van der Waals surface area contributed by atoms with E-state index in [4.69, 9.17) is 5.10 Å². The standard InChI is InChI=1S/C38H34N6O3/c1-23-13-17-25(18-14-23)21-28-9-5-11-30-33(28)40-44(35(30)27-19-15-24(2)16-20-27)32(45)22-42-36-34(39-41-42)37(46)43(38(36)47)31-12-6-8-26-7-3-4-10-29(26)31/h3-4,6-8,10,12-21,30,34-36H,5,9,11,22H2,1-2H3/b28-21+/t30-,34-,35+,36+/m0/s1. The molecular weight excluding hydrogens is 588 g/mol. The van der Waals surface area contributed by atoms with Crippen LogP contribution in [0, 0.1) is 19.8 Å². The molecule has 1 saturated carbocycles. The lowest BCUT2D eigenvalue weighted by Gasteiger charge is -2.30. The number of anilines is 1. The topological polar surface area (TPSA) is 98.0 Å². The summed E-state index contributed by atoms with van der Waals surface area (Å²) < 4.78 is 0. The average molecular weight is 623 g/mol. The van der Waals surface area contributed by atoms with Gasteiger partial charge in [-0.25, -0.2) is 9.91 Å². The first-order valence-electron chi connectivity index (χ1n) is 16.1. The fourth-order valence-electron chi connectivity index (χ4n) is 7.37. The highest BCUT2D eigenvalue weighted by molar-refractivity contribution is 6.27. The van der Waals surface area contributed by atoms with Gasteiger partial charge in [0, 0.05) is 11.3 Å². The molecule has 4 aromatic rings. The molecule has 0 unspecified atom stereocenters. The largest absolute Gasteiger partial charge is 0.271 e. The highest BCUT2D eigenvalue weighted by Crippen LogP contribution is 2.45. The maximum Gasteiger partial charge on any atom is 0.264 e. The predicted molar refractivity (Wildman–Crippen MR) is 180 cm³/mol. The highest BCUT2D eigenvalue weighted by atomic mass is 16.2. The fourth-order valence-corrected chi connectivity index (χ4v) is 7.37. The summed E-state index contributed by atoms with van der Waals surface area (Å²) in [5, 5.41) is 18.1. The van der Waals surface area contributed by atoms with Gasteiger partial charge in [-0.1, -0.05) is 101 Å². The van der Waals surface area contributed by atoms with Gasteiger partial charge in [0.05, 0.1) is 17.4 Å². The van der Waals surface area contributed by atoms with E-state index >= 15 is 0 Å². The first-order valence-corrected chi connectivity index (χ1v) is 16.1. The van der Waals surface area contributed by atoms with E-state index in [2.05, 4.69) is 71.9 Å². The lowest BCUT2D eigenvalue weighted by Crippen LogP contribution is -2.45. The van der Waals surface area contributed by atoms with E-state index in [1.165, 1.54) is 15.5 Å². The molecule has 4 aliphatic rings. The van der Waals surface area contributed by atoms with Gasteiger partial charge >= 0.3 is 0 Å². The summed E-state index contributed by atoms with van der Waals surface area (Å²) in [5.74, 6) is -1.13. The van der Waals surface area contributed by atoms with Crippen molar-refractivity contribution in [3.8, 4) is 0 Å². The number of carbonyl (C=O) groups is 3. The molecule has 47 heavy (non-hydrogen) atoms. The number of aryl methyl sites for hydroxylation is 2. The molecule has 2 fully saturated rings. The molecule has 0 bridgehead atoms. The van der Waals surface area contributed by atoms with Crippen LogP contribution in [0.3, 0.4) is 0 Å². The van der Waals surface area contributed by atoms with Gasteiger partial charge in [0.1, 0.15) is 6.54 Å². The monoisotopic (exact) mass is 622 g/mol. The van der Waals surface area contributed by atoms with Crippen molar-refractivity contribution < 1.29 is 14.4 Å². The molecule has 0 aromatic heterocycles. The van der Waals surface area contributed by atoms with Gasteiger partial charge in [0.25, 0.3) is 17.7 Å². The van der Waals surface area contributed by atoms with Crippen LogP contribution in [0.25, 0.3) is 16.8 Å². The summed E-state index contributed by atoms with van der Waals surface area (Å²) in [7, 11) is 0. The lowest BCUT2D eigenvalue weighted by atomic mass is 9.77. The number of nitrogens with zero attached hydrogens (tertiary/aromatic N) is 6. The summed E-state index contributed by atoms with van der Waals surface area (Å²) in [6.07, 6.45) is 4.98. The predicted octanol–water partition coefficient (Wildman–Crippen LogP) is 6.57. The molecule has 4 atom stereocenters. The third-order valence-corrected chi connectivity index (χ3v) is 9.76. The zero-order valence-corrected chi connectivity index (χ0v) is 26.3. The summed E-state index contributed by atoms with van der Waals surface area (Å²) in [6.45, 7) is 3.89. The number of hydrogen-bond acceptors (Lipinski definition) is 7. The molecule has 9 nitrogen and oxygen atoms in total. The number of allylic oxidation sites excluding steroid dienone is 1. The maximum absolute atomic E-state index is 14.2. The number of fused-ring (bicyclic) bond motifs is 3. The summed E-state index contributed by atoms with van der Waals surface area (Å²) in [4.78, 5) is 42.9. The Hall–Kier alpha value is -5.44. The summed E-state index contributed by atoms with van der Waals surface area (Å²) in [5.41, 5.74) is 7.04. The van der Waals surface area contributed by atoms with Crippen molar-refractivity contribution in [1.29, 1.82) is 0 Å². The van der Waals surface area contributed by atoms with E-state index in [0.29, 0.717) is 5.69 Å². The number of rotatable bonds is 5. The van der Waals surface area contributed by atoms with Crippen LogP contribution in [0.5, 0.6) is 0 Å². The van der Waals surface area contributed by atoms with Crippen molar-refractivity contribution in [3.05, 3.63) is 119 Å². The second-order valence-corrected chi connectivity index (χ2v) is 12.9. The number of benzene rings is 4.